The number of non-ortho nitro benzene ring substituents is 1. The third-order valence-electron chi connectivity index (χ3n) is 2.79. The van der Waals surface area contributed by atoms with Gasteiger partial charge in [0.1, 0.15) is 11.5 Å². The van der Waals surface area contributed by atoms with E-state index in [2.05, 4.69) is 20.4 Å². The Kier molecular flexibility index (Phi) is 2.82. The summed E-state index contributed by atoms with van der Waals surface area (Å²) in [6, 6.07) is 6.30. The first kappa shape index (κ1) is 12.2. The Balaban J connectivity index is 1.80. The number of hydrogen-bond donors (Lipinski definition) is 2. The summed E-state index contributed by atoms with van der Waals surface area (Å²) in [5.41, 5.74) is 2.06. The zero-order chi connectivity index (χ0) is 14.1. The van der Waals surface area contributed by atoms with Gasteiger partial charge in [-0.2, -0.15) is 0 Å². The highest BCUT2D eigenvalue weighted by Gasteiger charge is 2.09. The van der Waals surface area contributed by atoms with Crippen LogP contribution in [0.3, 0.4) is 0 Å². The minimum atomic E-state index is -0.439. The van der Waals surface area contributed by atoms with E-state index in [1.165, 1.54) is 12.1 Å². The third-order valence-corrected chi connectivity index (χ3v) is 2.79. The maximum Gasteiger partial charge on any atom is 0.271 e. The van der Waals surface area contributed by atoms with Gasteiger partial charge in [-0.05, 0) is 13.0 Å². The summed E-state index contributed by atoms with van der Waals surface area (Å²) in [6.07, 6.45) is 0. The molecule has 0 unspecified atom stereocenters. The fourth-order valence-corrected chi connectivity index (χ4v) is 1.87. The summed E-state index contributed by atoms with van der Waals surface area (Å²) in [5, 5.41) is 17.6. The van der Waals surface area contributed by atoms with Crippen molar-refractivity contribution in [2.75, 3.05) is 5.32 Å². The van der Waals surface area contributed by atoms with Gasteiger partial charge < -0.3 is 14.8 Å². The number of aromatic amines is 1. The molecule has 8 heteroatoms. The molecule has 0 amide bonds. The summed E-state index contributed by atoms with van der Waals surface area (Å²) in [4.78, 5) is 17.5. The second-order valence-electron chi connectivity index (χ2n) is 4.33. The summed E-state index contributed by atoms with van der Waals surface area (Å²) in [7, 11) is 0. The van der Waals surface area contributed by atoms with Gasteiger partial charge in [-0.3, -0.25) is 10.1 Å². The Labute approximate surface area is 112 Å². The molecule has 1 aromatic carbocycles. The van der Waals surface area contributed by atoms with Crippen molar-refractivity contribution < 1.29 is 9.45 Å². The maximum atomic E-state index is 10.7. The molecule has 0 aliphatic heterocycles. The van der Waals surface area contributed by atoms with E-state index in [1.807, 2.05) is 13.0 Å². The molecule has 0 saturated heterocycles. The van der Waals surface area contributed by atoms with E-state index in [4.69, 9.17) is 4.52 Å². The molecule has 2 aromatic heterocycles. The van der Waals surface area contributed by atoms with Crippen LogP contribution in [0.1, 0.15) is 11.5 Å². The molecule has 3 aromatic rings. The van der Waals surface area contributed by atoms with Crippen molar-refractivity contribution in [3.8, 4) is 0 Å². The van der Waals surface area contributed by atoms with Gasteiger partial charge in [0.05, 0.1) is 22.5 Å². The highest BCUT2D eigenvalue weighted by molar-refractivity contribution is 5.79. The lowest BCUT2D eigenvalue weighted by Gasteiger charge is -1.97. The Morgan fingerprint density at radius 1 is 1.45 bits per heavy atom. The van der Waals surface area contributed by atoms with Crippen molar-refractivity contribution in [2.24, 2.45) is 0 Å². The highest BCUT2D eigenvalue weighted by Crippen LogP contribution is 2.20. The predicted octanol–water partition coefficient (Wildman–Crippen LogP) is 2.38. The highest BCUT2D eigenvalue weighted by atomic mass is 16.6. The summed E-state index contributed by atoms with van der Waals surface area (Å²) >= 11 is 0. The normalized spacial score (nSPS) is 10.8. The SMILES string of the molecule is Cc1cc(CNc2nc3ccc([N+](=O)[O-])cc3[nH]2)no1. The van der Waals surface area contributed by atoms with Crippen LogP contribution in [0.4, 0.5) is 11.6 Å². The van der Waals surface area contributed by atoms with Gasteiger partial charge in [0.2, 0.25) is 5.95 Å². The Bertz CT molecular complexity index is 776. The molecular weight excluding hydrogens is 262 g/mol. The number of anilines is 1. The van der Waals surface area contributed by atoms with Gasteiger partial charge >= 0.3 is 0 Å². The molecule has 0 aliphatic carbocycles. The summed E-state index contributed by atoms with van der Waals surface area (Å²) < 4.78 is 4.96. The lowest BCUT2D eigenvalue weighted by atomic mass is 10.3. The zero-order valence-corrected chi connectivity index (χ0v) is 10.6. The summed E-state index contributed by atoms with van der Waals surface area (Å²) in [6.45, 7) is 2.27. The van der Waals surface area contributed by atoms with Crippen LogP contribution in [0.15, 0.2) is 28.8 Å². The zero-order valence-electron chi connectivity index (χ0n) is 10.6. The molecule has 0 spiro atoms. The van der Waals surface area contributed by atoms with E-state index in [9.17, 15) is 10.1 Å². The molecule has 0 fully saturated rings. The molecule has 3 rings (SSSR count). The molecule has 20 heavy (non-hydrogen) atoms. The number of nitro groups is 1. The van der Waals surface area contributed by atoms with E-state index >= 15 is 0 Å². The average molecular weight is 273 g/mol. The largest absolute Gasteiger partial charge is 0.361 e. The number of benzene rings is 1. The Hall–Kier alpha value is -2.90. The van der Waals surface area contributed by atoms with Gasteiger partial charge in [0.25, 0.3) is 5.69 Å². The first-order valence-corrected chi connectivity index (χ1v) is 5.92. The first-order valence-electron chi connectivity index (χ1n) is 5.92. The van der Waals surface area contributed by atoms with Crippen LogP contribution < -0.4 is 5.32 Å². The monoisotopic (exact) mass is 273 g/mol. The molecule has 0 radical (unpaired) electrons. The van der Waals surface area contributed by atoms with Crippen molar-refractivity contribution in [3.63, 3.8) is 0 Å². The fraction of sp³-hybridized carbons (Fsp3) is 0.167. The number of rotatable bonds is 4. The minimum Gasteiger partial charge on any atom is -0.361 e. The maximum absolute atomic E-state index is 10.7. The number of H-pyrrole nitrogens is 1. The number of imidazole rings is 1. The fourth-order valence-electron chi connectivity index (χ4n) is 1.87. The minimum absolute atomic E-state index is 0.0276. The van der Waals surface area contributed by atoms with Gasteiger partial charge in [-0.15, -0.1) is 0 Å². The third kappa shape index (κ3) is 2.30. The number of nitro benzene ring substituents is 1. The van der Waals surface area contributed by atoms with Crippen molar-refractivity contribution >= 4 is 22.7 Å². The second kappa shape index (κ2) is 4.65. The standard InChI is InChI=1S/C12H11N5O3/c1-7-4-8(16-20-7)6-13-12-14-10-3-2-9(17(18)19)5-11(10)15-12/h2-5H,6H2,1H3,(H2,13,14,15). The van der Waals surface area contributed by atoms with Crippen LogP contribution >= 0.6 is 0 Å². The van der Waals surface area contributed by atoms with Crippen molar-refractivity contribution in [3.05, 3.63) is 45.8 Å². The van der Waals surface area contributed by atoms with Crippen molar-refractivity contribution in [2.45, 2.75) is 13.5 Å². The van der Waals surface area contributed by atoms with Gasteiger partial charge in [-0.25, -0.2) is 4.98 Å². The van der Waals surface area contributed by atoms with Crippen LogP contribution in [0.25, 0.3) is 11.0 Å². The molecule has 2 N–H and O–H groups in total. The topological polar surface area (TPSA) is 110 Å². The number of hydrogen-bond acceptors (Lipinski definition) is 6. The molecule has 0 bridgehead atoms. The lowest BCUT2D eigenvalue weighted by molar-refractivity contribution is -0.384. The van der Waals surface area contributed by atoms with Gasteiger partial charge in [0, 0.05) is 18.2 Å². The molecule has 2 heterocycles. The van der Waals surface area contributed by atoms with Gasteiger partial charge in [-0.1, -0.05) is 5.16 Å². The van der Waals surface area contributed by atoms with Crippen LogP contribution in [0, 0.1) is 17.0 Å². The number of nitrogens with zero attached hydrogens (tertiary/aromatic N) is 3. The quantitative estimate of drug-likeness (QED) is 0.557. The second-order valence-corrected chi connectivity index (χ2v) is 4.33. The first-order chi connectivity index (χ1) is 9.61. The lowest BCUT2D eigenvalue weighted by Crippen LogP contribution is -2.00. The van der Waals surface area contributed by atoms with E-state index in [1.54, 1.807) is 6.07 Å². The van der Waals surface area contributed by atoms with E-state index < -0.39 is 4.92 Å². The van der Waals surface area contributed by atoms with Crippen LogP contribution in [-0.2, 0) is 6.54 Å². The number of nitrogens with one attached hydrogen (secondary N) is 2. The van der Waals surface area contributed by atoms with Crippen LogP contribution in [-0.4, -0.2) is 20.0 Å². The van der Waals surface area contributed by atoms with E-state index in [0.29, 0.717) is 23.5 Å². The Morgan fingerprint density at radius 3 is 3.00 bits per heavy atom. The molecule has 0 atom stereocenters. The van der Waals surface area contributed by atoms with Crippen molar-refractivity contribution in [1.29, 1.82) is 0 Å². The molecular formula is C12H11N5O3. The summed E-state index contributed by atoms with van der Waals surface area (Å²) in [5.74, 6) is 1.27. The molecule has 8 nitrogen and oxygen atoms in total. The molecule has 0 aliphatic rings. The predicted molar refractivity (Wildman–Crippen MR) is 71.3 cm³/mol. The van der Waals surface area contributed by atoms with Gasteiger partial charge in [0.15, 0.2) is 0 Å². The van der Waals surface area contributed by atoms with E-state index in [0.717, 1.165) is 11.5 Å². The Morgan fingerprint density at radius 2 is 2.30 bits per heavy atom. The molecule has 102 valence electrons. The van der Waals surface area contributed by atoms with Crippen LogP contribution in [0.2, 0.25) is 0 Å². The average Bonchev–Trinajstić information content (AvgIpc) is 3.00. The number of aryl methyl sites for hydroxylation is 1. The van der Waals surface area contributed by atoms with Crippen LogP contribution in [0.5, 0.6) is 0 Å². The smallest absolute Gasteiger partial charge is 0.271 e. The number of aromatic nitrogens is 3. The molecule has 0 saturated carbocycles. The van der Waals surface area contributed by atoms with E-state index in [-0.39, 0.29) is 5.69 Å². The number of fused-ring (bicyclic) bond motifs is 1. The van der Waals surface area contributed by atoms with Crippen molar-refractivity contribution in [1.82, 2.24) is 15.1 Å².